The van der Waals surface area contributed by atoms with E-state index < -0.39 is 5.97 Å². The summed E-state index contributed by atoms with van der Waals surface area (Å²) in [6.07, 6.45) is 1.33. The molecule has 19 heavy (non-hydrogen) atoms. The molecule has 7 heteroatoms. The second-order valence-electron chi connectivity index (χ2n) is 3.90. The molecule has 0 saturated carbocycles. The molecule has 0 amide bonds. The first kappa shape index (κ1) is 12.7. The molecule has 0 bridgehead atoms. The SMILES string of the molecule is COC(=O)c1ncn(-c2nc(C)cc(C)c2C#N)n1. The summed E-state index contributed by atoms with van der Waals surface area (Å²) in [5, 5.41) is 13.1. The molecule has 0 spiro atoms. The van der Waals surface area contributed by atoms with Crippen molar-refractivity contribution in [2.45, 2.75) is 13.8 Å². The fourth-order valence-corrected chi connectivity index (χ4v) is 1.67. The minimum atomic E-state index is -0.637. The Morgan fingerprint density at radius 2 is 2.21 bits per heavy atom. The number of ether oxygens (including phenoxy) is 1. The highest BCUT2D eigenvalue weighted by Gasteiger charge is 2.16. The molecule has 0 saturated heterocycles. The predicted octanol–water partition coefficient (Wildman–Crippen LogP) is 0.937. The molecule has 2 heterocycles. The van der Waals surface area contributed by atoms with E-state index in [0.29, 0.717) is 11.4 Å². The lowest BCUT2D eigenvalue weighted by molar-refractivity contribution is 0.0587. The van der Waals surface area contributed by atoms with E-state index in [4.69, 9.17) is 0 Å². The van der Waals surface area contributed by atoms with Crippen LogP contribution in [-0.4, -0.2) is 32.8 Å². The Bertz CT molecular complexity index is 684. The lowest BCUT2D eigenvalue weighted by Gasteiger charge is -2.06. The minimum absolute atomic E-state index is 0.0765. The Labute approximate surface area is 109 Å². The first-order valence-electron chi connectivity index (χ1n) is 5.45. The Hall–Kier alpha value is -2.75. The normalized spacial score (nSPS) is 10.0. The van der Waals surface area contributed by atoms with Crippen molar-refractivity contribution in [3.8, 4) is 11.9 Å². The molecule has 0 fully saturated rings. The third-order valence-corrected chi connectivity index (χ3v) is 2.51. The predicted molar refractivity (Wildman–Crippen MR) is 64.7 cm³/mol. The second-order valence-corrected chi connectivity index (χ2v) is 3.90. The van der Waals surface area contributed by atoms with E-state index in [1.54, 1.807) is 6.07 Å². The maximum atomic E-state index is 11.3. The highest BCUT2D eigenvalue weighted by atomic mass is 16.5. The molecule has 2 aromatic heterocycles. The summed E-state index contributed by atoms with van der Waals surface area (Å²) < 4.78 is 5.82. The summed E-state index contributed by atoms with van der Waals surface area (Å²) in [4.78, 5) is 19.4. The van der Waals surface area contributed by atoms with Crippen LogP contribution in [0, 0.1) is 25.2 Å². The van der Waals surface area contributed by atoms with Gasteiger partial charge in [-0.2, -0.15) is 5.26 Å². The zero-order valence-corrected chi connectivity index (χ0v) is 10.7. The standard InChI is InChI=1S/C12H11N5O2/c1-7-4-8(2)15-11(9(7)5-13)17-6-14-10(16-17)12(18)19-3/h4,6H,1-3H3. The molecular weight excluding hydrogens is 246 g/mol. The number of esters is 1. The van der Waals surface area contributed by atoms with Crippen LogP contribution >= 0.6 is 0 Å². The highest BCUT2D eigenvalue weighted by molar-refractivity contribution is 5.84. The van der Waals surface area contributed by atoms with Crippen LogP contribution < -0.4 is 0 Å². The lowest BCUT2D eigenvalue weighted by atomic mass is 10.1. The van der Waals surface area contributed by atoms with Crippen molar-refractivity contribution in [3.63, 3.8) is 0 Å². The molecule has 0 aromatic carbocycles. The van der Waals surface area contributed by atoms with E-state index in [1.165, 1.54) is 18.1 Å². The fourth-order valence-electron chi connectivity index (χ4n) is 1.67. The van der Waals surface area contributed by atoms with Crippen molar-refractivity contribution in [1.29, 1.82) is 5.26 Å². The van der Waals surface area contributed by atoms with Gasteiger partial charge in [-0.25, -0.2) is 19.4 Å². The summed E-state index contributed by atoms with van der Waals surface area (Å²) in [6, 6.07) is 3.88. The van der Waals surface area contributed by atoms with Crippen LogP contribution in [0.25, 0.3) is 5.82 Å². The zero-order chi connectivity index (χ0) is 14.0. The number of pyridine rings is 1. The Balaban J connectivity index is 2.56. The molecule has 0 aliphatic carbocycles. The van der Waals surface area contributed by atoms with Crippen molar-refractivity contribution in [2.75, 3.05) is 7.11 Å². The van der Waals surface area contributed by atoms with E-state index in [9.17, 15) is 10.1 Å². The lowest BCUT2D eigenvalue weighted by Crippen LogP contribution is -2.08. The third kappa shape index (κ3) is 2.28. The van der Waals surface area contributed by atoms with Crippen molar-refractivity contribution >= 4 is 5.97 Å². The first-order chi connectivity index (χ1) is 9.06. The van der Waals surface area contributed by atoms with Crippen molar-refractivity contribution in [2.24, 2.45) is 0 Å². The Morgan fingerprint density at radius 3 is 2.84 bits per heavy atom. The van der Waals surface area contributed by atoms with Crippen LogP contribution in [0.15, 0.2) is 12.4 Å². The van der Waals surface area contributed by atoms with Crippen LogP contribution in [0.4, 0.5) is 0 Å². The maximum Gasteiger partial charge on any atom is 0.377 e. The van der Waals surface area contributed by atoms with Gasteiger partial charge in [-0.1, -0.05) is 0 Å². The quantitative estimate of drug-likeness (QED) is 0.743. The number of aromatic nitrogens is 4. The number of nitrogens with zero attached hydrogens (tertiary/aromatic N) is 5. The third-order valence-electron chi connectivity index (χ3n) is 2.51. The Kier molecular flexibility index (Phi) is 3.25. The number of aryl methyl sites for hydroxylation is 2. The van der Waals surface area contributed by atoms with Crippen LogP contribution in [0.1, 0.15) is 27.4 Å². The van der Waals surface area contributed by atoms with Gasteiger partial charge in [0.15, 0.2) is 5.82 Å². The number of hydrogen-bond donors (Lipinski definition) is 0. The summed E-state index contributed by atoms with van der Waals surface area (Å²) in [5.41, 5.74) is 1.94. The van der Waals surface area contributed by atoms with Crippen LogP contribution in [-0.2, 0) is 4.74 Å². The van der Waals surface area contributed by atoms with Crippen LogP contribution in [0.2, 0.25) is 0 Å². The molecule has 0 aliphatic heterocycles. The number of carbonyl (C=O) groups excluding carboxylic acids is 1. The molecule has 0 N–H and O–H groups in total. The van der Waals surface area contributed by atoms with Gasteiger partial charge in [0.25, 0.3) is 5.82 Å². The van der Waals surface area contributed by atoms with Gasteiger partial charge < -0.3 is 4.74 Å². The summed E-state index contributed by atoms with van der Waals surface area (Å²) >= 11 is 0. The number of nitriles is 1. The first-order valence-corrected chi connectivity index (χ1v) is 5.45. The van der Waals surface area contributed by atoms with Crippen LogP contribution in [0.5, 0.6) is 0 Å². The van der Waals surface area contributed by atoms with Gasteiger partial charge in [-0.3, -0.25) is 0 Å². The molecule has 7 nitrogen and oxygen atoms in total. The van der Waals surface area contributed by atoms with E-state index in [0.717, 1.165) is 11.3 Å². The van der Waals surface area contributed by atoms with Gasteiger partial charge in [-0.15, -0.1) is 5.10 Å². The zero-order valence-electron chi connectivity index (χ0n) is 10.7. The fraction of sp³-hybridized carbons (Fsp3) is 0.250. The average Bonchev–Trinajstić information content (AvgIpc) is 2.86. The Morgan fingerprint density at radius 1 is 1.47 bits per heavy atom. The van der Waals surface area contributed by atoms with Crippen molar-refractivity contribution < 1.29 is 9.53 Å². The molecule has 96 valence electrons. The monoisotopic (exact) mass is 257 g/mol. The molecule has 0 unspecified atom stereocenters. The maximum absolute atomic E-state index is 11.3. The van der Waals surface area contributed by atoms with Crippen LogP contribution in [0.3, 0.4) is 0 Å². The van der Waals surface area contributed by atoms with Gasteiger partial charge >= 0.3 is 5.97 Å². The van der Waals surface area contributed by atoms with E-state index in [2.05, 4.69) is 25.9 Å². The summed E-state index contributed by atoms with van der Waals surface area (Å²) in [5.74, 6) is -0.364. The van der Waals surface area contributed by atoms with Gasteiger partial charge in [0.1, 0.15) is 12.4 Å². The van der Waals surface area contributed by atoms with Crippen molar-refractivity contribution in [1.82, 2.24) is 19.7 Å². The van der Waals surface area contributed by atoms with Gasteiger partial charge in [0.2, 0.25) is 0 Å². The van der Waals surface area contributed by atoms with E-state index in [-0.39, 0.29) is 5.82 Å². The molecular formula is C12H11N5O2. The second kappa shape index (κ2) is 4.86. The highest BCUT2D eigenvalue weighted by Crippen LogP contribution is 2.16. The topological polar surface area (TPSA) is 93.7 Å². The summed E-state index contributed by atoms with van der Waals surface area (Å²) in [6.45, 7) is 3.63. The molecule has 0 radical (unpaired) electrons. The number of hydrogen-bond acceptors (Lipinski definition) is 6. The minimum Gasteiger partial charge on any atom is -0.463 e. The van der Waals surface area contributed by atoms with E-state index >= 15 is 0 Å². The van der Waals surface area contributed by atoms with Crippen molar-refractivity contribution in [3.05, 3.63) is 35.0 Å². The average molecular weight is 257 g/mol. The number of carbonyl (C=O) groups is 1. The summed E-state index contributed by atoms with van der Waals surface area (Å²) in [7, 11) is 1.25. The van der Waals surface area contributed by atoms with E-state index in [1.807, 2.05) is 13.8 Å². The smallest absolute Gasteiger partial charge is 0.377 e. The van der Waals surface area contributed by atoms with Gasteiger partial charge in [0, 0.05) is 5.69 Å². The molecule has 2 rings (SSSR count). The van der Waals surface area contributed by atoms with Gasteiger partial charge in [0.05, 0.1) is 12.7 Å². The largest absolute Gasteiger partial charge is 0.463 e. The number of rotatable bonds is 2. The number of methoxy groups -OCH3 is 1. The molecule has 0 atom stereocenters. The molecule has 0 aliphatic rings. The van der Waals surface area contributed by atoms with Gasteiger partial charge in [-0.05, 0) is 25.5 Å². The molecule has 2 aromatic rings.